The third-order valence-electron chi connectivity index (χ3n) is 5.46. The lowest BCUT2D eigenvalue weighted by molar-refractivity contribution is 0.306. The minimum Gasteiger partial charge on any atom is -0.489 e. The molecule has 2 N–H and O–H groups in total. The fourth-order valence-electron chi connectivity index (χ4n) is 3.38. The Morgan fingerprint density at radius 1 is 0.649 bits per heavy atom. The number of aryl methyl sites for hydroxylation is 2. The van der Waals surface area contributed by atoms with Gasteiger partial charge in [0, 0.05) is 11.1 Å². The second-order valence-corrected chi connectivity index (χ2v) is 12.3. The van der Waals surface area contributed by atoms with Crippen molar-refractivity contribution in [1.29, 1.82) is 0 Å². The number of halogens is 1. The van der Waals surface area contributed by atoms with E-state index >= 15 is 0 Å². The molecular formula is C27H25ClN2O5S2. The molecule has 0 aliphatic heterocycles. The van der Waals surface area contributed by atoms with E-state index in [1.54, 1.807) is 42.5 Å². The molecular weight excluding hydrogens is 532 g/mol. The number of nitrogens with one attached hydrogen (secondary N) is 2. The second kappa shape index (κ2) is 10.8. The van der Waals surface area contributed by atoms with Gasteiger partial charge in [0.05, 0.1) is 21.2 Å². The van der Waals surface area contributed by atoms with Crippen LogP contribution in [0.5, 0.6) is 5.75 Å². The topological polar surface area (TPSA) is 102 Å². The highest BCUT2D eigenvalue weighted by Crippen LogP contribution is 2.32. The minimum absolute atomic E-state index is 0.0184. The van der Waals surface area contributed by atoms with E-state index in [-0.39, 0.29) is 27.8 Å². The lowest BCUT2D eigenvalue weighted by atomic mass is 10.2. The molecule has 0 spiro atoms. The third kappa shape index (κ3) is 6.82. The molecule has 0 saturated carbocycles. The van der Waals surface area contributed by atoms with Crippen LogP contribution < -0.4 is 14.2 Å². The molecule has 0 amide bonds. The quantitative estimate of drug-likeness (QED) is 0.258. The normalized spacial score (nSPS) is 11.6. The van der Waals surface area contributed by atoms with Crippen LogP contribution in [0, 0.1) is 13.8 Å². The molecule has 7 nitrogen and oxygen atoms in total. The van der Waals surface area contributed by atoms with E-state index < -0.39 is 20.0 Å². The van der Waals surface area contributed by atoms with Gasteiger partial charge < -0.3 is 4.74 Å². The number of hydrogen-bond acceptors (Lipinski definition) is 5. The van der Waals surface area contributed by atoms with Crippen LogP contribution in [0.2, 0.25) is 5.02 Å². The molecule has 0 radical (unpaired) electrons. The molecule has 0 saturated heterocycles. The first-order chi connectivity index (χ1) is 17.5. The number of hydrogen-bond donors (Lipinski definition) is 2. The van der Waals surface area contributed by atoms with Crippen LogP contribution >= 0.6 is 11.6 Å². The monoisotopic (exact) mass is 556 g/mol. The molecule has 10 heteroatoms. The van der Waals surface area contributed by atoms with Gasteiger partial charge >= 0.3 is 0 Å². The number of anilines is 2. The summed E-state index contributed by atoms with van der Waals surface area (Å²) in [5, 5.41) is 0.599. The molecule has 4 aromatic rings. The van der Waals surface area contributed by atoms with Gasteiger partial charge in [-0.25, -0.2) is 16.8 Å². The highest BCUT2D eigenvalue weighted by atomic mass is 35.5. The SMILES string of the molecule is Cc1ccc(S(=O)(=O)Nc2ccc(OCc3ccc(Cl)cc3)cc2NS(=O)(=O)c2ccc(C)cc2)cc1. The summed E-state index contributed by atoms with van der Waals surface area (Å²) in [5.74, 6) is 0.342. The van der Waals surface area contributed by atoms with E-state index in [1.807, 2.05) is 26.0 Å². The standard InChI is InChI=1S/C27H25ClN2O5S2/c1-19-3-12-24(13-4-19)36(31,32)29-26-16-11-23(35-18-21-7-9-22(28)10-8-21)17-27(26)30-37(33,34)25-14-5-20(2)6-15-25/h3-17,29-30H,18H2,1-2H3. The summed E-state index contributed by atoms with van der Waals surface area (Å²) >= 11 is 5.93. The van der Waals surface area contributed by atoms with Crippen LogP contribution in [0.25, 0.3) is 0 Å². The lowest BCUT2D eigenvalue weighted by Gasteiger charge is -2.17. The Morgan fingerprint density at radius 2 is 1.14 bits per heavy atom. The van der Waals surface area contributed by atoms with E-state index in [9.17, 15) is 16.8 Å². The maximum atomic E-state index is 13.1. The average molecular weight is 557 g/mol. The summed E-state index contributed by atoms with van der Waals surface area (Å²) in [6, 6.07) is 24.2. The summed E-state index contributed by atoms with van der Waals surface area (Å²) in [7, 11) is -8.01. The van der Waals surface area contributed by atoms with Crippen LogP contribution in [-0.2, 0) is 26.7 Å². The van der Waals surface area contributed by atoms with Gasteiger partial charge in [-0.1, -0.05) is 59.1 Å². The first-order valence-corrected chi connectivity index (χ1v) is 14.6. The summed E-state index contributed by atoms with van der Waals surface area (Å²) in [4.78, 5) is 0.0893. The highest BCUT2D eigenvalue weighted by Gasteiger charge is 2.21. The molecule has 37 heavy (non-hydrogen) atoms. The first-order valence-electron chi connectivity index (χ1n) is 11.2. The van der Waals surface area contributed by atoms with Gasteiger partial charge in [-0.05, 0) is 67.9 Å². The van der Waals surface area contributed by atoms with Gasteiger partial charge in [0.1, 0.15) is 12.4 Å². The smallest absolute Gasteiger partial charge is 0.261 e. The van der Waals surface area contributed by atoms with Gasteiger partial charge in [0.15, 0.2) is 0 Å². The van der Waals surface area contributed by atoms with Crippen molar-refractivity contribution < 1.29 is 21.6 Å². The maximum Gasteiger partial charge on any atom is 0.261 e. The zero-order valence-corrected chi connectivity index (χ0v) is 22.5. The Morgan fingerprint density at radius 3 is 1.65 bits per heavy atom. The molecule has 0 bridgehead atoms. The Kier molecular flexibility index (Phi) is 7.77. The average Bonchev–Trinajstić information content (AvgIpc) is 2.85. The van der Waals surface area contributed by atoms with Crippen molar-refractivity contribution >= 4 is 43.0 Å². The van der Waals surface area contributed by atoms with Crippen molar-refractivity contribution in [1.82, 2.24) is 0 Å². The molecule has 4 rings (SSSR count). The zero-order chi connectivity index (χ0) is 26.6. The van der Waals surface area contributed by atoms with Gasteiger partial charge in [-0.2, -0.15) is 0 Å². The van der Waals surface area contributed by atoms with Crippen molar-refractivity contribution in [3.63, 3.8) is 0 Å². The number of ether oxygens (including phenoxy) is 1. The second-order valence-electron chi connectivity index (χ2n) is 8.46. The highest BCUT2D eigenvalue weighted by molar-refractivity contribution is 7.93. The fraction of sp³-hybridized carbons (Fsp3) is 0.111. The largest absolute Gasteiger partial charge is 0.489 e. The van der Waals surface area contributed by atoms with Crippen LogP contribution in [0.15, 0.2) is 101 Å². The Hall–Kier alpha value is -3.53. The maximum absolute atomic E-state index is 13.1. The molecule has 0 aliphatic carbocycles. The van der Waals surface area contributed by atoms with Crippen LogP contribution in [0.3, 0.4) is 0 Å². The van der Waals surface area contributed by atoms with Gasteiger partial charge in [0.25, 0.3) is 20.0 Å². The van der Waals surface area contributed by atoms with Crippen molar-refractivity contribution in [2.24, 2.45) is 0 Å². The molecule has 4 aromatic carbocycles. The first kappa shape index (κ1) is 26.5. The Balaban J connectivity index is 1.66. The van der Waals surface area contributed by atoms with Crippen LogP contribution in [0.1, 0.15) is 16.7 Å². The predicted molar refractivity (Wildman–Crippen MR) is 146 cm³/mol. The number of benzene rings is 4. The minimum atomic E-state index is -4.02. The molecule has 0 fully saturated rings. The fourth-order valence-corrected chi connectivity index (χ4v) is 5.65. The van der Waals surface area contributed by atoms with Crippen molar-refractivity contribution in [3.05, 3.63) is 113 Å². The van der Waals surface area contributed by atoms with E-state index in [0.29, 0.717) is 10.8 Å². The van der Waals surface area contributed by atoms with Gasteiger partial charge in [-0.3, -0.25) is 9.44 Å². The predicted octanol–water partition coefficient (Wildman–Crippen LogP) is 6.14. The molecule has 0 heterocycles. The number of sulfonamides is 2. The van der Waals surface area contributed by atoms with Crippen LogP contribution in [-0.4, -0.2) is 16.8 Å². The lowest BCUT2D eigenvalue weighted by Crippen LogP contribution is -2.18. The molecule has 192 valence electrons. The van der Waals surface area contributed by atoms with E-state index in [4.69, 9.17) is 16.3 Å². The number of rotatable bonds is 9. The Bertz CT molecular complexity index is 1600. The summed E-state index contributed by atoms with van der Waals surface area (Å²) in [6.07, 6.45) is 0. The molecule has 0 atom stereocenters. The molecule has 0 unspecified atom stereocenters. The molecule has 0 aromatic heterocycles. The molecule has 0 aliphatic rings. The van der Waals surface area contributed by atoms with E-state index in [0.717, 1.165) is 16.7 Å². The summed E-state index contributed by atoms with van der Waals surface area (Å²) in [6.45, 7) is 3.91. The third-order valence-corrected chi connectivity index (χ3v) is 8.48. The van der Waals surface area contributed by atoms with Crippen molar-refractivity contribution in [3.8, 4) is 5.75 Å². The van der Waals surface area contributed by atoms with Crippen molar-refractivity contribution in [2.45, 2.75) is 30.2 Å². The summed E-state index contributed by atoms with van der Waals surface area (Å²) < 4.78 is 63.1. The van der Waals surface area contributed by atoms with Gasteiger partial charge in [-0.15, -0.1) is 0 Å². The zero-order valence-electron chi connectivity index (χ0n) is 20.1. The van der Waals surface area contributed by atoms with E-state index in [2.05, 4.69) is 9.44 Å². The summed E-state index contributed by atoms with van der Waals surface area (Å²) in [5.41, 5.74) is 2.74. The van der Waals surface area contributed by atoms with E-state index in [1.165, 1.54) is 36.4 Å². The van der Waals surface area contributed by atoms with Gasteiger partial charge in [0.2, 0.25) is 0 Å². The van der Waals surface area contributed by atoms with Crippen LogP contribution in [0.4, 0.5) is 11.4 Å². The Labute approximate surface area is 222 Å². The van der Waals surface area contributed by atoms with Crippen molar-refractivity contribution in [2.75, 3.05) is 9.44 Å².